The molecule has 4 aliphatic carbocycles. The van der Waals surface area contributed by atoms with E-state index in [4.69, 9.17) is 19.9 Å². The maximum Gasteiger partial charge on any atom is 0.307 e. The largest absolute Gasteiger partial charge is 0.481 e. The molecule has 1 aromatic rings. The lowest BCUT2D eigenvalue weighted by atomic mass is 9.34. The van der Waals surface area contributed by atoms with Crippen LogP contribution in [-0.2, 0) is 19.0 Å². The number of methoxy groups -OCH3 is 1. The fourth-order valence-electron chi connectivity index (χ4n) is 12.5. The summed E-state index contributed by atoms with van der Waals surface area (Å²) < 4.78 is 19.7. The van der Waals surface area contributed by atoms with E-state index in [1.54, 1.807) is 11.9 Å². The van der Waals surface area contributed by atoms with Crippen LogP contribution in [0.2, 0.25) is 0 Å². The molecule has 1 aliphatic heterocycles. The summed E-state index contributed by atoms with van der Waals surface area (Å²) in [6, 6.07) is -0.187. The maximum atomic E-state index is 13.6. The molecule has 3 N–H and O–H groups in total. The Labute approximate surface area is 300 Å². The van der Waals surface area contributed by atoms with Crippen LogP contribution in [0.1, 0.15) is 106 Å². The number of nitrogen functional groups attached to an aromatic ring is 1. The first kappa shape index (κ1) is 37.7. The molecule has 0 spiro atoms. The van der Waals surface area contributed by atoms with Crippen LogP contribution in [0.4, 0.5) is 5.95 Å². The van der Waals surface area contributed by atoms with E-state index in [1.165, 1.54) is 5.57 Å². The molecule has 0 aromatic carbocycles. The fraction of sp³-hybridized carbons (Fsp3) is 0.897. The summed E-state index contributed by atoms with van der Waals surface area (Å²) in [5.74, 6) is 0.341. The summed E-state index contributed by atoms with van der Waals surface area (Å²) >= 11 is 0. The first-order chi connectivity index (χ1) is 23.3. The van der Waals surface area contributed by atoms with Crippen LogP contribution in [0.15, 0.2) is 11.6 Å². The number of fused-ring (bicyclic) bond motifs is 3. The molecule has 0 amide bonds. The van der Waals surface area contributed by atoms with Gasteiger partial charge in [0, 0.05) is 24.7 Å². The van der Waals surface area contributed by atoms with Crippen molar-refractivity contribution in [2.75, 3.05) is 53.4 Å². The third-order valence-electron chi connectivity index (χ3n) is 16.3. The van der Waals surface area contributed by atoms with Gasteiger partial charge in [0.25, 0.3) is 5.95 Å². The topological polar surface area (TPSA) is 138 Å². The van der Waals surface area contributed by atoms with Gasteiger partial charge in [0.1, 0.15) is 6.04 Å². The molecule has 4 fully saturated rings. The van der Waals surface area contributed by atoms with Crippen LogP contribution < -0.4 is 5.73 Å². The van der Waals surface area contributed by atoms with E-state index < -0.39 is 22.7 Å². The smallest absolute Gasteiger partial charge is 0.307 e. The Morgan fingerprint density at radius 3 is 2.48 bits per heavy atom. The summed E-state index contributed by atoms with van der Waals surface area (Å²) in [5, 5.41) is 24.4. The molecule has 3 saturated carbocycles. The summed E-state index contributed by atoms with van der Waals surface area (Å²) in [5.41, 5.74) is 5.82. The van der Waals surface area contributed by atoms with Crippen molar-refractivity contribution >= 4 is 11.9 Å². The number of carboxylic acids is 1. The fourth-order valence-corrected chi connectivity index (χ4v) is 12.5. The molecule has 6 rings (SSSR count). The van der Waals surface area contributed by atoms with Gasteiger partial charge in [0.05, 0.1) is 31.8 Å². The van der Waals surface area contributed by atoms with Crippen LogP contribution in [-0.4, -0.2) is 95.5 Å². The lowest BCUT2D eigenvalue weighted by molar-refractivity contribution is -0.257. The second-order valence-electron chi connectivity index (χ2n) is 19.0. The number of anilines is 1. The first-order valence-corrected chi connectivity index (χ1v) is 19.2. The lowest BCUT2D eigenvalue weighted by Gasteiger charge is -2.71. The van der Waals surface area contributed by atoms with E-state index in [0.717, 1.165) is 44.9 Å². The highest BCUT2D eigenvalue weighted by Crippen LogP contribution is 2.75. The average molecular weight is 699 g/mol. The van der Waals surface area contributed by atoms with Crippen molar-refractivity contribution < 1.29 is 24.1 Å². The minimum absolute atomic E-state index is 0.124. The zero-order valence-corrected chi connectivity index (χ0v) is 32.8. The standard InChI is InChI=1S/C39H66N6O5/c1-24(2)25(3)36(6)16-17-37(7)26-12-13-29-34(4)20-28(45-42-33(40)41-43-45)31(50-22-35(5,44(9)10)18-19-48-11)39(29,23-49-21-34)27(26)14-15-38(37,8)30(36)32(46)47/h14,24-26,28-31H,12-13,15-23H2,1-11H3,(H2,40,42)(H,46,47)/t25-,26+,28-,29-,30-,31+,34-,35?,36-,37-,38+,39+/m1/s1. The molecule has 11 nitrogen and oxygen atoms in total. The lowest BCUT2D eigenvalue weighted by Crippen LogP contribution is -2.70. The summed E-state index contributed by atoms with van der Waals surface area (Å²) in [4.78, 5) is 17.5. The predicted molar refractivity (Wildman–Crippen MR) is 193 cm³/mol. The van der Waals surface area contributed by atoms with Gasteiger partial charge in [-0.2, -0.15) is 4.80 Å². The number of likely N-dealkylation sites (N-methyl/N-ethyl adjacent to an activating group) is 1. The number of hydrogen-bond donors (Lipinski definition) is 2. The van der Waals surface area contributed by atoms with E-state index in [2.05, 4.69) is 95.9 Å². The van der Waals surface area contributed by atoms with Crippen molar-refractivity contribution in [3.05, 3.63) is 11.6 Å². The number of ether oxygens (including phenoxy) is 3. The normalized spacial score (nSPS) is 43.0. The Kier molecular flexibility index (Phi) is 9.64. The van der Waals surface area contributed by atoms with Gasteiger partial charge in [0.2, 0.25) is 0 Å². The number of carboxylic acid groups (broad SMARTS) is 1. The molecule has 2 heterocycles. The van der Waals surface area contributed by atoms with Crippen LogP contribution in [0, 0.1) is 56.7 Å². The van der Waals surface area contributed by atoms with E-state index in [-0.39, 0.29) is 45.8 Å². The van der Waals surface area contributed by atoms with Crippen LogP contribution in [0.25, 0.3) is 0 Å². The van der Waals surface area contributed by atoms with Crippen LogP contribution in [0.5, 0.6) is 0 Å². The van der Waals surface area contributed by atoms with Crippen molar-refractivity contribution in [3.8, 4) is 0 Å². The molecule has 282 valence electrons. The molecule has 12 atom stereocenters. The molecule has 1 unspecified atom stereocenters. The monoisotopic (exact) mass is 699 g/mol. The second kappa shape index (κ2) is 12.8. The van der Waals surface area contributed by atoms with Gasteiger partial charge in [-0.05, 0) is 117 Å². The zero-order valence-electron chi connectivity index (χ0n) is 32.8. The Hall–Kier alpha value is -2.08. The molecule has 11 heteroatoms. The van der Waals surface area contributed by atoms with Crippen molar-refractivity contribution in [3.63, 3.8) is 0 Å². The molecule has 50 heavy (non-hydrogen) atoms. The van der Waals surface area contributed by atoms with E-state index in [9.17, 15) is 9.90 Å². The van der Waals surface area contributed by atoms with E-state index in [1.807, 2.05) is 0 Å². The maximum absolute atomic E-state index is 13.6. The van der Waals surface area contributed by atoms with Crippen molar-refractivity contribution in [2.45, 2.75) is 118 Å². The number of nitrogens with zero attached hydrogens (tertiary/aromatic N) is 5. The third-order valence-corrected chi connectivity index (χ3v) is 16.3. The van der Waals surface area contributed by atoms with Gasteiger partial charge < -0.3 is 30.0 Å². The van der Waals surface area contributed by atoms with Gasteiger partial charge in [-0.25, -0.2) is 0 Å². The van der Waals surface area contributed by atoms with E-state index >= 15 is 0 Å². The number of tetrazole rings is 1. The van der Waals surface area contributed by atoms with Crippen molar-refractivity contribution in [2.24, 2.45) is 56.7 Å². The first-order valence-electron chi connectivity index (χ1n) is 19.2. The highest BCUT2D eigenvalue weighted by Gasteiger charge is 2.73. The predicted octanol–water partition coefficient (Wildman–Crippen LogP) is 6.13. The Morgan fingerprint density at radius 2 is 1.88 bits per heavy atom. The molecule has 1 aromatic heterocycles. The summed E-state index contributed by atoms with van der Waals surface area (Å²) in [6.07, 6.45) is 8.57. The van der Waals surface area contributed by atoms with Gasteiger partial charge in [-0.3, -0.25) is 4.79 Å². The highest BCUT2D eigenvalue weighted by atomic mass is 16.5. The average Bonchev–Trinajstić information content (AvgIpc) is 3.48. The zero-order chi connectivity index (χ0) is 36.7. The van der Waals surface area contributed by atoms with Gasteiger partial charge in [-0.15, -0.1) is 5.10 Å². The molecular formula is C39H66N6O5. The molecule has 5 aliphatic rings. The van der Waals surface area contributed by atoms with Gasteiger partial charge >= 0.3 is 5.97 Å². The minimum Gasteiger partial charge on any atom is -0.481 e. The number of allylic oxidation sites excluding steroid dienone is 1. The van der Waals surface area contributed by atoms with Gasteiger partial charge in [-0.1, -0.05) is 65.2 Å². The Balaban J connectivity index is 1.50. The number of nitrogens with two attached hydrogens (primary N) is 1. The number of rotatable bonds is 11. The molecule has 1 saturated heterocycles. The number of carbonyl (C=O) groups is 1. The van der Waals surface area contributed by atoms with Crippen molar-refractivity contribution in [1.29, 1.82) is 0 Å². The second-order valence-corrected chi connectivity index (χ2v) is 19.0. The summed E-state index contributed by atoms with van der Waals surface area (Å²) in [6.45, 7) is 20.8. The third kappa shape index (κ3) is 5.32. The molecule has 2 bridgehead atoms. The van der Waals surface area contributed by atoms with Gasteiger partial charge in [0.15, 0.2) is 0 Å². The highest BCUT2D eigenvalue weighted by molar-refractivity contribution is 5.73. The Bertz CT molecular complexity index is 1470. The van der Waals surface area contributed by atoms with Crippen LogP contribution >= 0.6 is 0 Å². The van der Waals surface area contributed by atoms with Crippen molar-refractivity contribution in [1.82, 2.24) is 25.1 Å². The summed E-state index contributed by atoms with van der Waals surface area (Å²) in [7, 11) is 5.96. The molecule has 0 radical (unpaired) electrons. The van der Waals surface area contributed by atoms with Crippen LogP contribution in [0.3, 0.4) is 0 Å². The van der Waals surface area contributed by atoms with E-state index in [0.29, 0.717) is 44.2 Å². The number of aromatic nitrogens is 4. The number of aliphatic carboxylic acids is 1. The minimum atomic E-state index is -0.640. The SMILES string of the molecule is COCCC(C)(CO[C@H]1[C@H](n2nnc(N)n2)C[C@]2(C)COC[C@@]13C1=CC[C@@]4(C)[C@H](C(=O)O)[C@@](C)([C@H](C)C(C)C)CC[C@]4(C)[C@H]1CC[C@H]23)N(C)C. The number of hydrogen-bond acceptors (Lipinski definition) is 9. The molecular weight excluding hydrogens is 632 g/mol. The quantitative estimate of drug-likeness (QED) is 0.260. The Morgan fingerprint density at radius 1 is 1.16 bits per heavy atom.